The van der Waals surface area contributed by atoms with Crippen LogP contribution >= 0.6 is 11.6 Å². The van der Waals surface area contributed by atoms with Crippen molar-refractivity contribution in [3.8, 4) is 0 Å². The number of aromatic amines is 1. The zero-order chi connectivity index (χ0) is 13.1. The second-order valence-electron chi connectivity index (χ2n) is 3.83. The number of nitrogens with zero attached hydrogens (tertiary/aromatic N) is 2. The van der Waals surface area contributed by atoms with E-state index in [-0.39, 0.29) is 16.5 Å². The number of carbonyl (C=O) groups excluding carboxylic acids is 1. The highest BCUT2D eigenvalue weighted by Crippen LogP contribution is 2.16. The molecule has 0 bridgehead atoms. The molecule has 94 valence electrons. The molecule has 1 aromatic carbocycles. The monoisotopic (exact) mass is 267 g/mol. The summed E-state index contributed by atoms with van der Waals surface area (Å²) in [7, 11) is 1.62. The molecule has 0 fully saturated rings. The Hall–Kier alpha value is -1.88. The molecule has 18 heavy (non-hydrogen) atoms. The lowest BCUT2D eigenvalue weighted by molar-refractivity contribution is 0.0781. The molecule has 0 aliphatic rings. The number of halogens is 2. The molecule has 0 radical (unpaired) electrons. The van der Waals surface area contributed by atoms with Crippen molar-refractivity contribution in [1.82, 2.24) is 14.9 Å². The molecule has 0 spiro atoms. The van der Waals surface area contributed by atoms with E-state index in [9.17, 15) is 9.18 Å². The van der Waals surface area contributed by atoms with Gasteiger partial charge in [-0.1, -0.05) is 11.6 Å². The van der Waals surface area contributed by atoms with Gasteiger partial charge in [0.2, 0.25) is 0 Å². The predicted molar refractivity (Wildman–Crippen MR) is 65.8 cm³/mol. The zero-order valence-electron chi connectivity index (χ0n) is 9.65. The number of nitrogens with one attached hydrogen (secondary N) is 1. The SMILES string of the molecule is CN(Cc1ncc[nH]1)C(=O)c1ccc(Cl)c(F)c1. The van der Waals surface area contributed by atoms with Crippen molar-refractivity contribution in [2.75, 3.05) is 7.05 Å². The van der Waals surface area contributed by atoms with E-state index in [0.717, 1.165) is 6.07 Å². The maximum Gasteiger partial charge on any atom is 0.254 e. The summed E-state index contributed by atoms with van der Waals surface area (Å²) in [6, 6.07) is 3.99. The fourth-order valence-electron chi connectivity index (χ4n) is 1.53. The van der Waals surface area contributed by atoms with Gasteiger partial charge in [0.05, 0.1) is 11.6 Å². The Balaban J connectivity index is 2.12. The topological polar surface area (TPSA) is 49.0 Å². The van der Waals surface area contributed by atoms with E-state index in [2.05, 4.69) is 9.97 Å². The van der Waals surface area contributed by atoms with E-state index in [1.54, 1.807) is 19.4 Å². The summed E-state index contributed by atoms with van der Waals surface area (Å²) in [5.41, 5.74) is 0.256. The Bertz CT molecular complexity index is 556. The molecule has 1 amide bonds. The lowest BCUT2D eigenvalue weighted by atomic mass is 10.2. The normalized spacial score (nSPS) is 10.4. The number of amides is 1. The van der Waals surface area contributed by atoms with Crippen LogP contribution in [0.2, 0.25) is 5.02 Å². The van der Waals surface area contributed by atoms with E-state index in [0.29, 0.717) is 12.4 Å². The standard InChI is InChI=1S/C12H11ClFN3O/c1-17(7-11-15-4-5-16-11)12(18)8-2-3-9(13)10(14)6-8/h2-6H,7H2,1H3,(H,15,16). The third-order valence-corrected chi connectivity index (χ3v) is 2.76. The average Bonchev–Trinajstić information content (AvgIpc) is 2.84. The van der Waals surface area contributed by atoms with Crippen LogP contribution in [0.15, 0.2) is 30.6 Å². The number of rotatable bonds is 3. The Kier molecular flexibility index (Phi) is 3.62. The van der Waals surface area contributed by atoms with Gasteiger partial charge < -0.3 is 9.88 Å². The minimum Gasteiger partial charge on any atom is -0.347 e. The Morgan fingerprint density at radius 3 is 2.94 bits per heavy atom. The third-order valence-electron chi connectivity index (χ3n) is 2.46. The Morgan fingerprint density at radius 2 is 2.33 bits per heavy atom. The van der Waals surface area contributed by atoms with Crippen LogP contribution in [0.3, 0.4) is 0 Å². The van der Waals surface area contributed by atoms with E-state index < -0.39 is 5.82 Å². The Labute approximate surface area is 108 Å². The first-order valence-corrected chi connectivity index (χ1v) is 5.64. The maximum absolute atomic E-state index is 13.3. The lowest BCUT2D eigenvalue weighted by Crippen LogP contribution is -2.26. The van der Waals surface area contributed by atoms with Crippen molar-refractivity contribution in [2.24, 2.45) is 0 Å². The van der Waals surface area contributed by atoms with Crippen LogP contribution in [0, 0.1) is 5.82 Å². The van der Waals surface area contributed by atoms with Crippen molar-refractivity contribution >= 4 is 17.5 Å². The van der Waals surface area contributed by atoms with Gasteiger partial charge in [0.1, 0.15) is 11.6 Å². The fourth-order valence-corrected chi connectivity index (χ4v) is 1.65. The summed E-state index contributed by atoms with van der Waals surface area (Å²) >= 11 is 5.57. The van der Waals surface area contributed by atoms with E-state index in [1.165, 1.54) is 17.0 Å². The largest absolute Gasteiger partial charge is 0.347 e. The highest BCUT2D eigenvalue weighted by molar-refractivity contribution is 6.30. The molecule has 2 rings (SSSR count). The molecular formula is C12H11ClFN3O. The highest BCUT2D eigenvalue weighted by Gasteiger charge is 2.14. The zero-order valence-corrected chi connectivity index (χ0v) is 10.4. The van der Waals surface area contributed by atoms with Crippen LogP contribution in [0.25, 0.3) is 0 Å². The van der Waals surface area contributed by atoms with E-state index in [4.69, 9.17) is 11.6 Å². The molecule has 4 nitrogen and oxygen atoms in total. The first-order chi connectivity index (χ1) is 8.58. The first kappa shape index (κ1) is 12.6. The molecule has 1 N–H and O–H groups in total. The first-order valence-electron chi connectivity index (χ1n) is 5.26. The number of hydrogen-bond donors (Lipinski definition) is 1. The number of hydrogen-bond acceptors (Lipinski definition) is 2. The third kappa shape index (κ3) is 2.68. The molecule has 6 heteroatoms. The summed E-state index contributed by atoms with van der Waals surface area (Å²) in [4.78, 5) is 20.4. The molecule has 1 aromatic heterocycles. The smallest absolute Gasteiger partial charge is 0.254 e. The lowest BCUT2D eigenvalue weighted by Gasteiger charge is -2.15. The van der Waals surface area contributed by atoms with Crippen molar-refractivity contribution in [3.63, 3.8) is 0 Å². The van der Waals surface area contributed by atoms with E-state index >= 15 is 0 Å². The van der Waals surface area contributed by atoms with Gasteiger partial charge in [0.25, 0.3) is 5.91 Å². The molecule has 2 aromatic rings. The maximum atomic E-state index is 13.3. The fraction of sp³-hybridized carbons (Fsp3) is 0.167. The minimum absolute atomic E-state index is 0.000220. The summed E-state index contributed by atoms with van der Waals surface area (Å²) in [5, 5.41) is 0.000220. The van der Waals surface area contributed by atoms with Crippen LogP contribution in [-0.2, 0) is 6.54 Å². The number of benzene rings is 1. The number of carbonyl (C=O) groups is 1. The molecule has 0 unspecified atom stereocenters. The van der Waals surface area contributed by atoms with Crippen LogP contribution < -0.4 is 0 Å². The summed E-state index contributed by atoms with van der Waals surface area (Å²) in [6.07, 6.45) is 3.28. The van der Waals surface area contributed by atoms with Gasteiger partial charge in [-0.05, 0) is 18.2 Å². The number of aromatic nitrogens is 2. The molecule has 1 heterocycles. The molecule has 0 aliphatic carbocycles. The highest BCUT2D eigenvalue weighted by atomic mass is 35.5. The molecule has 0 atom stereocenters. The van der Waals surface area contributed by atoms with Crippen molar-refractivity contribution in [2.45, 2.75) is 6.54 Å². The van der Waals surface area contributed by atoms with Crippen LogP contribution in [-0.4, -0.2) is 27.8 Å². The van der Waals surface area contributed by atoms with Crippen molar-refractivity contribution in [1.29, 1.82) is 0 Å². The summed E-state index contributed by atoms with van der Waals surface area (Å²) in [6.45, 7) is 0.329. The molecule has 0 aliphatic heterocycles. The minimum atomic E-state index is -0.603. The number of imidazole rings is 1. The Morgan fingerprint density at radius 1 is 1.56 bits per heavy atom. The molecule has 0 saturated heterocycles. The summed E-state index contributed by atoms with van der Waals surface area (Å²) < 4.78 is 13.3. The summed E-state index contributed by atoms with van der Waals surface area (Å²) in [5.74, 6) is -0.226. The molecule has 0 saturated carbocycles. The van der Waals surface area contributed by atoms with Gasteiger partial charge in [-0.25, -0.2) is 9.37 Å². The van der Waals surface area contributed by atoms with Gasteiger partial charge in [-0.2, -0.15) is 0 Å². The second-order valence-corrected chi connectivity index (χ2v) is 4.23. The quantitative estimate of drug-likeness (QED) is 0.929. The van der Waals surface area contributed by atoms with Gasteiger partial charge in [0.15, 0.2) is 0 Å². The average molecular weight is 268 g/mol. The van der Waals surface area contributed by atoms with E-state index in [1.807, 2.05) is 0 Å². The van der Waals surface area contributed by atoms with Crippen LogP contribution in [0.4, 0.5) is 4.39 Å². The van der Waals surface area contributed by atoms with Crippen molar-refractivity contribution < 1.29 is 9.18 Å². The molecular weight excluding hydrogens is 257 g/mol. The van der Waals surface area contributed by atoms with Gasteiger partial charge >= 0.3 is 0 Å². The van der Waals surface area contributed by atoms with Crippen LogP contribution in [0.1, 0.15) is 16.2 Å². The van der Waals surface area contributed by atoms with Gasteiger partial charge in [-0.3, -0.25) is 4.79 Å². The number of H-pyrrole nitrogens is 1. The van der Waals surface area contributed by atoms with Gasteiger partial charge in [-0.15, -0.1) is 0 Å². The second kappa shape index (κ2) is 5.18. The predicted octanol–water partition coefficient (Wildman–Crippen LogP) is 2.47. The van der Waals surface area contributed by atoms with Crippen LogP contribution in [0.5, 0.6) is 0 Å². The van der Waals surface area contributed by atoms with Gasteiger partial charge in [0, 0.05) is 25.0 Å². The van der Waals surface area contributed by atoms with Crippen molar-refractivity contribution in [3.05, 3.63) is 52.8 Å².